The highest BCUT2D eigenvalue weighted by Gasteiger charge is 2.19. The lowest BCUT2D eigenvalue weighted by molar-refractivity contribution is -0.136. The van der Waals surface area contributed by atoms with E-state index in [2.05, 4.69) is 15.6 Å². The van der Waals surface area contributed by atoms with Gasteiger partial charge in [0.15, 0.2) is 0 Å². The Morgan fingerprint density at radius 2 is 2.14 bits per heavy atom. The van der Waals surface area contributed by atoms with Gasteiger partial charge in [-0.15, -0.1) is 0 Å². The number of nitrogens with one attached hydrogen (secondary N) is 2. The smallest absolute Gasteiger partial charge is 0.313 e. The van der Waals surface area contributed by atoms with Gasteiger partial charge in [-0.3, -0.25) is 14.6 Å². The third-order valence-electron chi connectivity index (χ3n) is 3.61. The molecular weight excluding hydrogens is 282 g/mol. The number of carbonyl (C=O) groups is 2. The van der Waals surface area contributed by atoms with E-state index in [0.29, 0.717) is 12.2 Å². The van der Waals surface area contributed by atoms with Crippen LogP contribution in [0.4, 0.5) is 5.69 Å². The fourth-order valence-corrected chi connectivity index (χ4v) is 2.48. The second kappa shape index (κ2) is 6.53. The number of hydrogen-bond acceptors (Lipinski definition) is 4. The molecule has 2 heterocycles. The third-order valence-corrected chi connectivity index (χ3v) is 3.61. The maximum absolute atomic E-state index is 12.0. The summed E-state index contributed by atoms with van der Waals surface area (Å²) < 4.78 is 5.40. The zero-order chi connectivity index (χ0) is 15.4. The van der Waals surface area contributed by atoms with Gasteiger partial charge in [-0.05, 0) is 37.1 Å². The first-order valence-corrected chi connectivity index (χ1v) is 7.28. The molecule has 1 fully saturated rings. The van der Waals surface area contributed by atoms with E-state index in [1.165, 1.54) is 0 Å². The summed E-state index contributed by atoms with van der Waals surface area (Å²) in [6.45, 7) is 1.08. The Bertz CT molecular complexity index is 691. The lowest BCUT2D eigenvalue weighted by Crippen LogP contribution is -2.39. The topological polar surface area (TPSA) is 80.3 Å². The van der Waals surface area contributed by atoms with Crippen LogP contribution in [-0.4, -0.2) is 36.1 Å². The van der Waals surface area contributed by atoms with Gasteiger partial charge in [0.25, 0.3) is 0 Å². The standard InChI is InChI=1S/C16H17N3O3/c20-15(18-10-11-4-3-9-22-11)16(21)19-14-7-1-6-13-12(14)5-2-8-17-13/h1-2,5-8,11H,3-4,9-10H2,(H,18,20)(H,19,21)/t11-/m1/s1. The number of ether oxygens (including phenoxy) is 1. The van der Waals surface area contributed by atoms with Gasteiger partial charge in [-0.25, -0.2) is 0 Å². The minimum atomic E-state index is -0.686. The van der Waals surface area contributed by atoms with Gasteiger partial charge >= 0.3 is 11.8 Å². The van der Waals surface area contributed by atoms with Crippen LogP contribution in [0.3, 0.4) is 0 Å². The van der Waals surface area contributed by atoms with E-state index < -0.39 is 11.8 Å². The van der Waals surface area contributed by atoms with Crippen molar-refractivity contribution in [3.8, 4) is 0 Å². The molecule has 114 valence electrons. The van der Waals surface area contributed by atoms with Gasteiger partial charge in [-0.1, -0.05) is 6.07 Å². The molecule has 1 atom stereocenters. The number of carbonyl (C=O) groups excluding carboxylic acids is 2. The molecule has 3 rings (SSSR count). The third kappa shape index (κ3) is 3.23. The fraction of sp³-hybridized carbons (Fsp3) is 0.312. The molecule has 0 aliphatic carbocycles. The molecule has 0 spiro atoms. The van der Waals surface area contributed by atoms with E-state index >= 15 is 0 Å². The molecule has 1 saturated heterocycles. The van der Waals surface area contributed by atoms with Crippen molar-refractivity contribution < 1.29 is 14.3 Å². The summed E-state index contributed by atoms with van der Waals surface area (Å²) in [5.74, 6) is -1.34. The number of rotatable bonds is 3. The Morgan fingerprint density at radius 1 is 1.23 bits per heavy atom. The van der Waals surface area contributed by atoms with Gasteiger partial charge in [0.2, 0.25) is 0 Å². The minimum absolute atomic E-state index is 0.0125. The predicted octanol–water partition coefficient (Wildman–Crippen LogP) is 1.47. The first kappa shape index (κ1) is 14.5. The van der Waals surface area contributed by atoms with Gasteiger partial charge in [-0.2, -0.15) is 0 Å². The number of amides is 2. The zero-order valence-corrected chi connectivity index (χ0v) is 12.0. The summed E-state index contributed by atoms with van der Waals surface area (Å²) in [6.07, 6.45) is 3.60. The first-order valence-electron chi connectivity index (χ1n) is 7.28. The summed E-state index contributed by atoms with van der Waals surface area (Å²) in [6, 6.07) is 9.02. The molecule has 1 aromatic heterocycles. The monoisotopic (exact) mass is 299 g/mol. The molecule has 6 heteroatoms. The Balaban J connectivity index is 1.63. The van der Waals surface area contributed by atoms with Crippen molar-refractivity contribution in [3.63, 3.8) is 0 Å². The number of aromatic nitrogens is 1. The van der Waals surface area contributed by atoms with E-state index in [0.717, 1.165) is 30.4 Å². The van der Waals surface area contributed by atoms with Crippen LogP contribution in [0.1, 0.15) is 12.8 Å². The fourth-order valence-electron chi connectivity index (χ4n) is 2.48. The molecule has 0 saturated carbocycles. The largest absolute Gasteiger partial charge is 0.376 e. The molecular formula is C16H17N3O3. The SMILES string of the molecule is O=C(NC[C@H]1CCCO1)C(=O)Nc1cccc2ncccc12. The van der Waals surface area contributed by atoms with Crippen LogP contribution < -0.4 is 10.6 Å². The summed E-state index contributed by atoms with van der Waals surface area (Å²) in [4.78, 5) is 28.0. The molecule has 22 heavy (non-hydrogen) atoms. The predicted molar refractivity (Wildman–Crippen MR) is 82.4 cm³/mol. The summed E-state index contributed by atoms with van der Waals surface area (Å²) >= 11 is 0. The van der Waals surface area contributed by atoms with E-state index in [-0.39, 0.29) is 6.10 Å². The molecule has 1 aliphatic rings. The van der Waals surface area contributed by atoms with Crippen molar-refractivity contribution in [1.82, 2.24) is 10.3 Å². The van der Waals surface area contributed by atoms with Gasteiger partial charge < -0.3 is 15.4 Å². The van der Waals surface area contributed by atoms with E-state index in [4.69, 9.17) is 4.74 Å². The van der Waals surface area contributed by atoms with E-state index in [9.17, 15) is 9.59 Å². The molecule has 0 unspecified atom stereocenters. The average molecular weight is 299 g/mol. The Hall–Kier alpha value is -2.47. The Morgan fingerprint density at radius 3 is 2.95 bits per heavy atom. The van der Waals surface area contributed by atoms with Crippen LogP contribution in [0.25, 0.3) is 10.9 Å². The minimum Gasteiger partial charge on any atom is -0.376 e. The second-order valence-corrected chi connectivity index (χ2v) is 5.17. The van der Waals surface area contributed by atoms with Crippen LogP contribution in [0.15, 0.2) is 36.5 Å². The van der Waals surface area contributed by atoms with Crippen molar-refractivity contribution in [2.24, 2.45) is 0 Å². The summed E-state index contributed by atoms with van der Waals surface area (Å²) in [5, 5.41) is 6.03. The van der Waals surface area contributed by atoms with Gasteiger partial charge in [0, 0.05) is 24.7 Å². The molecule has 1 aromatic carbocycles. The highest BCUT2D eigenvalue weighted by molar-refractivity contribution is 6.40. The van der Waals surface area contributed by atoms with Gasteiger partial charge in [0.05, 0.1) is 17.3 Å². The maximum atomic E-state index is 12.0. The van der Waals surface area contributed by atoms with Crippen molar-refractivity contribution in [1.29, 1.82) is 0 Å². The Labute approximate surface area is 127 Å². The van der Waals surface area contributed by atoms with E-state index in [1.807, 2.05) is 12.1 Å². The lowest BCUT2D eigenvalue weighted by Gasteiger charge is -2.11. The molecule has 2 amide bonds. The highest BCUT2D eigenvalue weighted by Crippen LogP contribution is 2.21. The number of pyridine rings is 1. The number of anilines is 1. The molecule has 0 radical (unpaired) electrons. The van der Waals surface area contributed by atoms with Crippen LogP contribution in [0, 0.1) is 0 Å². The van der Waals surface area contributed by atoms with Crippen molar-refractivity contribution >= 4 is 28.4 Å². The van der Waals surface area contributed by atoms with Crippen LogP contribution in [-0.2, 0) is 14.3 Å². The number of hydrogen-bond donors (Lipinski definition) is 2. The number of fused-ring (bicyclic) bond motifs is 1. The molecule has 2 aromatic rings. The molecule has 6 nitrogen and oxygen atoms in total. The van der Waals surface area contributed by atoms with Crippen molar-refractivity contribution in [3.05, 3.63) is 36.5 Å². The van der Waals surface area contributed by atoms with Crippen molar-refractivity contribution in [2.45, 2.75) is 18.9 Å². The summed E-state index contributed by atoms with van der Waals surface area (Å²) in [5.41, 5.74) is 1.34. The van der Waals surface area contributed by atoms with Crippen LogP contribution in [0.2, 0.25) is 0 Å². The second-order valence-electron chi connectivity index (χ2n) is 5.17. The van der Waals surface area contributed by atoms with Crippen LogP contribution in [0.5, 0.6) is 0 Å². The van der Waals surface area contributed by atoms with Crippen LogP contribution >= 0.6 is 0 Å². The number of nitrogens with zero attached hydrogens (tertiary/aromatic N) is 1. The average Bonchev–Trinajstić information content (AvgIpc) is 3.06. The summed E-state index contributed by atoms with van der Waals surface area (Å²) in [7, 11) is 0. The molecule has 1 aliphatic heterocycles. The Kier molecular flexibility index (Phi) is 4.29. The molecule has 0 bridgehead atoms. The van der Waals surface area contributed by atoms with Gasteiger partial charge in [0.1, 0.15) is 0 Å². The van der Waals surface area contributed by atoms with Crippen molar-refractivity contribution in [2.75, 3.05) is 18.5 Å². The normalized spacial score (nSPS) is 17.4. The first-order chi connectivity index (χ1) is 10.7. The lowest BCUT2D eigenvalue weighted by atomic mass is 10.2. The van der Waals surface area contributed by atoms with E-state index in [1.54, 1.807) is 24.4 Å². The quantitative estimate of drug-likeness (QED) is 0.841. The number of benzene rings is 1. The highest BCUT2D eigenvalue weighted by atomic mass is 16.5. The molecule has 2 N–H and O–H groups in total. The zero-order valence-electron chi connectivity index (χ0n) is 12.0. The maximum Gasteiger partial charge on any atom is 0.313 e.